The first-order chi connectivity index (χ1) is 8.83. The van der Waals surface area contributed by atoms with E-state index >= 15 is 0 Å². The van der Waals surface area contributed by atoms with Crippen LogP contribution in [0.2, 0.25) is 0 Å². The van der Waals surface area contributed by atoms with Crippen molar-refractivity contribution in [3.63, 3.8) is 0 Å². The third kappa shape index (κ3) is 3.19. The molecule has 1 aromatic heterocycles. The molecule has 1 saturated heterocycles. The van der Waals surface area contributed by atoms with E-state index in [-0.39, 0.29) is 6.61 Å². The van der Waals surface area contributed by atoms with Crippen LogP contribution >= 0.6 is 0 Å². The monoisotopic (exact) mass is 252 g/mol. The molecule has 0 amide bonds. The maximum absolute atomic E-state index is 8.81. The van der Waals surface area contributed by atoms with Crippen molar-refractivity contribution >= 4 is 17.8 Å². The van der Waals surface area contributed by atoms with E-state index in [2.05, 4.69) is 30.5 Å². The quantitative estimate of drug-likeness (QED) is 0.695. The first-order valence-electron chi connectivity index (χ1n) is 6.37. The van der Waals surface area contributed by atoms with Crippen LogP contribution in [0, 0.1) is 0 Å². The lowest BCUT2D eigenvalue weighted by Gasteiger charge is -2.26. The van der Waals surface area contributed by atoms with Gasteiger partial charge in [-0.15, -0.1) is 0 Å². The molecule has 3 N–H and O–H groups in total. The van der Waals surface area contributed by atoms with Gasteiger partial charge in [-0.1, -0.05) is 0 Å². The molecule has 7 heteroatoms. The highest BCUT2D eigenvalue weighted by Gasteiger charge is 2.15. The van der Waals surface area contributed by atoms with Crippen molar-refractivity contribution < 1.29 is 5.11 Å². The van der Waals surface area contributed by atoms with Crippen LogP contribution in [-0.4, -0.2) is 53.3 Å². The molecule has 0 aliphatic carbocycles. The summed E-state index contributed by atoms with van der Waals surface area (Å²) in [6.07, 6.45) is 3.63. The molecule has 0 aromatic carbocycles. The fraction of sp³-hybridized carbons (Fsp3) is 0.727. The third-order valence-corrected chi connectivity index (χ3v) is 2.88. The van der Waals surface area contributed by atoms with E-state index in [0.29, 0.717) is 24.4 Å². The summed E-state index contributed by atoms with van der Waals surface area (Å²) in [6, 6.07) is 0. The molecule has 0 bridgehead atoms. The van der Waals surface area contributed by atoms with Gasteiger partial charge in [0.1, 0.15) is 0 Å². The Kier molecular flexibility index (Phi) is 4.52. The molecule has 0 radical (unpaired) electrons. The topological polar surface area (TPSA) is 86.2 Å². The fourth-order valence-electron chi connectivity index (χ4n) is 1.96. The minimum Gasteiger partial charge on any atom is -0.395 e. The number of nitrogens with zero attached hydrogens (tertiary/aromatic N) is 4. The highest BCUT2D eigenvalue weighted by atomic mass is 16.3. The Bertz CT molecular complexity index is 380. The molecule has 1 fully saturated rings. The predicted molar refractivity (Wildman–Crippen MR) is 71.0 cm³/mol. The zero-order chi connectivity index (χ0) is 12.8. The molecule has 100 valence electrons. The molecule has 0 unspecified atom stereocenters. The Morgan fingerprint density at radius 3 is 2.50 bits per heavy atom. The summed E-state index contributed by atoms with van der Waals surface area (Å²) in [4.78, 5) is 15.1. The van der Waals surface area contributed by atoms with Crippen molar-refractivity contribution in [2.24, 2.45) is 0 Å². The van der Waals surface area contributed by atoms with Gasteiger partial charge in [0, 0.05) is 26.7 Å². The van der Waals surface area contributed by atoms with Crippen molar-refractivity contribution in [2.45, 2.75) is 19.3 Å². The van der Waals surface area contributed by atoms with Crippen molar-refractivity contribution in [3.8, 4) is 0 Å². The van der Waals surface area contributed by atoms with Crippen LogP contribution in [-0.2, 0) is 0 Å². The summed E-state index contributed by atoms with van der Waals surface area (Å²) in [6.45, 7) is 2.48. The minimum atomic E-state index is 0.0552. The highest BCUT2D eigenvalue weighted by Crippen LogP contribution is 2.18. The Morgan fingerprint density at radius 2 is 1.83 bits per heavy atom. The van der Waals surface area contributed by atoms with E-state index in [9.17, 15) is 0 Å². The van der Waals surface area contributed by atoms with Crippen LogP contribution in [0.25, 0.3) is 0 Å². The second-order valence-corrected chi connectivity index (χ2v) is 4.23. The summed E-state index contributed by atoms with van der Waals surface area (Å²) in [5, 5.41) is 14.7. The maximum atomic E-state index is 8.81. The Morgan fingerprint density at radius 1 is 1.11 bits per heavy atom. The lowest BCUT2D eigenvalue weighted by molar-refractivity contribution is 0.311. The van der Waals surface area contributed by atoms with Gasteiger partial charge in [-0.05, 0) is 19.3 Å². The SMILES string of the molecule is CNc1nc(NCCO)nc(N2CCCCC2)n1. The molecule has 18 heavy (non-hydrogen) atoms. The van der Waals surface area contributed by atoms with E-state index in [1.165, 1.54) is 19.3 Å². The number of aliphatic hydroxyl groups is 1. The van der Waals surface area contributed by atoms with Gasteiger partial charge in [0.15, 0.2) is 0 Å². The van der Waals surface area contributed by atoms with Gasteiger partial charge in [0.05, 0.1) is 6.61 Å². The van der Waals surface area contributed by atoms with Crippen LogP contribution in [0.5, 0.6) is 0 Å². The van der Waals surface area contributed by atoms with Crippen LogP contribution in [0.15, 0.2) is 0 Å². The lowest BCUT2D eigenvalue weighted by atomic mass is 10.1. The Balaban J connectivity index is 2.16. The third-order valence-electron chi connectivity index (χ3n) is 2.88. The second-order valence-electron chi connectivity index (χ2n) is 4.23. The highest BCUT2D eigenvalue weighted by molar-refractivity contribution is 5.43. The summed E-state index contributed by atoms with van der Waals surface area (Å²) < 4.78 is 0. The number of anilines is 3. The summed E-state index contributed by atoms with van der Waals surface area (Å²) in [7, 11) is 1.78. The molecule has 7 nitrogen and oxygen atoms in total. The molecule has 0 saturated carbocycles. The Hall–Kier alpha value is -1.63. The van der Waals surface area contributed by atoms with E-state index in [0.717, 1.165) is 13.1 Å². The molecule has 2 heterocycles. The second kappa shape index (κ2) is 6.34. The summed E-state index contributed by atoms with van der Waals surface area (Å²) >= 11 is 0. The summed E-state index contributed by atoms with van der Waals surface area (Å²) in [5.41, 5.74) is 0. The van der Waals surface area contributed by atoms with Crippen molar-refractivity contribution in [1.29, 1.82) is 0 Å². The number of piperidine rings is 1. The van der Waals surface area contributed by atoms with E-state index in [1.54, 1.807) is 7.05 Å². The number of nitrogens with one attached hydrogen (secondary N) is 2. The fourth-order valence-corrected chi connectivity index (χ4v) is 1.96. The maximum Gasteiger partial charge on any atom is 0.231 e. The van der Waals surface area contributed by atoms with Gasteiger partial charge < -0.3 is 20.6 Å². The Labute approximate surface area is 107 Å². The van der Waals surface area contributed by atoms with Gasteiger partial charge in [0.2, 0.25) is 17.8 Å². The molecule has 1 aliphatic rings. The van der Waals surface area contributed by atoms with E-state index in [4.69, 9.17) is 5.11 Å². The van der Waals surface area contributed by atoms with Crippen LogP contribution in [0.3, 0.4) is 0 Å². The van der Waals surface area contributed by atoms with Crippen LogP contribution < -0.4 is 15.5 Å². The lowest BCUT2D eigenvalue weighted by Crippen LogP contribution is -2.31. The first-order valence-corrected chi connectivity index (χ1v) is 6.37. The molecular weight excluding hydrogens is 232 g/mol. The minimum absolute atomic E-state index is 0.0552. The zero-order valence-corrected chi connectivity index (χ0v) is 10.7. The van der Waals surface area contributed by atoms with Crippen molar-refractivity contribution in [3.05, 3.63) is 0 Å². The molecule has 0 spiro atoms. The molecular formula is C11H20N6O. The first kappa shape index (κ1) is 12.8. The molecule has 2 rings (SSSR count). The molecule has 0 atom stereocenters. The zero-order valence-electron chi connectivity index (χ0n) is 10.7. The van der Waals surface area contributed by atoms with Crippen LogP contribution in [0.1, 0.15) is 19.3 Å². The smallest absolute Gasteiger partial charge is 0.231 e. The van der Waals surface area contributed by atoms with Gasteiger partial charge in [-0.25, -0.2) is 0 Å². The number of aliphatic hydroxyl groups excluding tert-OH is 1. The number of hydrogen-bond acceptors (Lipinski definition) is 7. The van der Waals surface area contributed by atoms with E-state index < -0.39 is 0 Å². The van der Waals surface area contributed by atoms with Gasteiger partial charge in [-0.3, -0.25) is 0 Å². The standard InChI is InChI=1S/C11H20N6O/c1-12-9-14-10(13-5-8-18)16-11(15-9)17-6-3-2-4-7-17/h18H,2-8H2,1H3,(H2,12,13,14,15,16). The van der Waals surface area contributed by atoms with Crippen molar-refractivity contribution in [2.75, 3.05) is 48.8 Å². The molecule has 1 aromatic rings. The average Bonchev–Trinajstić information content (AvgIpc) is 2.45. The summed E-state index contributed by atoms with van der Waals surface area (Å²) in [5.74, 6) is 1.75. The molecule has 1 aliphatic heterocycles. The van der Waals surface area contributed by atoms with Gasteiger partial charge in [0.25, 0.3) is 0 Å². The average molecular weight is 252 g/mol. The predicted octanol–water partition coefficient (Wildman–Crippen LogP) is 0.308. The van der Waals surface area contributed by atoms with Crippen LogP contribution in [0.4, 0.5) is 17.8 Å². The number of aromatic nitrogens is 3. The van der Waals surface area contributed by atoms with E-state index in [1.807, 2.05) is 0 Å². The van der Waals surface area contributed by atoms with Gasteiger partial charge >= 0.3 is 0 Å². The van der Waals surface area contributed by atoms with Crippen molar-refractivity contribution in [1.82, 2.24) is 15.0 Å². The number of rotatable bonds is 5. The van der Waals surface area contributed by atoms with Gasteiger partial charge in [-0.2, -0.15) is 15.0 Å². The normalized spacial score (nSPS) is 15.6. The largest absolute Gasteiger partial charge is 0.395 e. The number of hydrogen-bond donors (Lipinski definition) is 3.